The fourth-order valence-corrected chi connectivity index (χ4v) is 2.10. The average molecular weight is 313 g/mol. The lowest BCUT2D eigenvalue weighted by molar-refractivity contribution is -0.274. The predicted molar refractivity (Wildman–Crippen MR) is 72.3 cm³/mol. The molecule has 0 radical (unpaired) electrons. The van der Waals surface area contributed by atoms with E-state index in [0.717, 1.165) is 0 Å². The molecule has 0 atom stereocenters. The molecule has 1 aromatic carbocycles. The van der Waals surface area contributed by atoms with Crippen molar-refractivity contribution in [1.29, 1.82) is 0 Å². The van der Waals surface area contributed by atoms with Gasteiger partial charge in [-0.1, -0.05) is 11.6 Å². The predicted octanol–water partition coefficient (Wildman–Crippen LogP) is 4.55. The van der Waals surface area contributed by atoms with Gasteiger partial charge in [0.15, 0.2) is 0 Å². The highest BCUT2D eigenvalue weighted by atomic mass is 35.5. The minimum atomic E-state index is -4.69. The standard InChI is InChI=1S/C14H8ClF3N2O/c15-10-3-6-13-19-12(8-20(13)7-10)9-1-4-11(5-2-9)21-14(16,17)18/h1-8H. The summed E-state index contributed by atoms with van der Waals surface area (Å²) in [5.74, 6) is -0.266. The summed E-state index contributed by atoms with van der Waals surface area (Å²) >= 11 is 5.88. The number of imidazole rings is 1. The lowest BCUT2D eigenvalue weighted by atomic mass is 10.2. The molecule has 3 rings (SSSR count). The van der Waals surface area contributed by atoms with Crippen LogP contribution in [0.1, 0.15) is 0 Å². The summed E-state index contributed by atoms with van der Waals surface area (Å²) in [6.45, 7) is 0. The number of rotatable bonds is 2. The van der Waals surface area contributed by atoms with Crippen LogP contribution in [0.15, 0.2) is 48.8 Å². The van der Waals surface area contributed by atoms with Crippen molar-refractivity contribution >= 4 is 17.2 Å². The fourth-order valence-electron chi connectivity index (χ4n) is 1.93. The van der Waals surface area contributed by atoms with Crippen molar-refractivity contribution in [3.63, 3.8) is 0 Å². The van der Waals surface area contributed by atoms with Crippen LogP contribution in [0.2, 0.25) is 5.02 Å². The van der Waals surface area contributed by atoms with Crippen molar-refractivity contribution in [2.45, 2.75) is 6.36 Å². The number of hydrogen-bond acceptors (Lipinski definition) is 2. The molecule has 2 aromatic heterocycles. The molecule has 0 unspecified atom stereocenters. The normalized spacial score (nSPS) is 11.8. The third-order valence-electron chi connectivity index (χ3n) is 2.80. The number of aromatic nitrogens is 2. The summed E-state index contributed by atoms with van der Waals surface area (Å²) in [5.41, 5.74) is 2.02. The van der Waals surface area contributed by atoms with Gasteiger partial charge in [-0.2, -0.15) is 0 Å². The molecular formula is C14H8ClF3N2O. The first kappa shape index (κ1) is 13.8. The van der Waals surface area contributed by atoms with E-state index in [1.54, 1.807) is 28.9 Å². The van der Waals surface area contributed by atoms with Crippen molar-refractivity contribution in [3.05, 3.63) is 53.8 Å². The number of nitrogens with zero attached hydrogens (tertiary/aromatic N) is 2. The van der Waals surface area contributed by atoms with Gasteiger partial charge < -0.3 is 9.14 Å². The Labute approximate surface area is 122 Å². The number of fused-ring (bicyclic) bond motifs is 1. The summed E-state index contributed by atoms with van der Waals surface area (Å²) in [4.78, 5) is 4.37. The zero-order valence-corrected chi connectivity index (χ0v) is 11.2. The van der Waals surface area contributed by atoms with Crippen LogP contribution in [0.3, 0.4) is 0 Å². The molecule has 0 N–H and O–H groups in total. The quantitative estimate of drug-likeness (QED) is 0.694. The third-order valence-corrected chi connectivity index (χ3v) is 3.02. The molecule has 0 saturated heterocycles. The Balaban J connectivity index is 1.91. The van der Waals surface area contributed by atoms with Crippen molar-refractivity contribution < 1.29 is 17.9 Å². The van der Waals surface area contributed by atoms with E-state index >= 15 is 0 Å². The van der Waals surface area contributed by atoms with Crippen LogP contribution in [0.25, 0.3) is 16.9 Å². The Hall–Kier alpha value is -2.21. The second-order valence-electron chi connectivity index (χ2n) is 4.31. The summed E-state index contributed by atoms with van der Waals surface area (Å²) < 4.78 is 41.8. The van der Waals surface area contributed by atoms with Gasteiger partial charge in [0, 0.05) is 18.0 Å². The van der Waals surface area contributed by atoms with Crippen LogP contribution in [-0.2, 0) is 0 Å². The van der Waals surface area contributed by atoms with Crippen molar-refractivity contribution in [2.75, 3.05) is 0 Å². The van der Waals surface area contributed by atoms with Crippen LogP contribution >= 0.6 is 11.6 Å². The zero-order valence-electron chi connectivity index (χ0n) is 10.4. The lowest BCUT2D eigenvalue weighted by Crippen LogP contribution is -2.16. The summed E-state index contributed by atoms with van der Waals surface area (Å²) in [5, 5.41) is 0.570. The van der Waals surface area contributed by atoms with Crippen LogP contribution in [0.4, 0.5) is 13.2 Å². The van der Waals surface area contributed by atoms with E-state index in [1.165, 1.54) is 24.3 Å². The molecule has 0 aliphatic carbocycles. The molecule has 3 aromatic rings. The van der Waals surface area contributed by atoms with Crippen molar-refractivity contribution in [3.8, 4) is 17.0 Å². The Morgan fingerprint density at radius 3 is 2.38 bits per heavy atom. The lowest BCUT2D eigenvalue weighted by Gasteiger charge is -2.08. The Morgan fingerprint density at radius 1 is 1.00 bits per heavy atom. The largest absolute Gasteiger partial charge is 0.573 e. The molecule has 0 aliphatic heterocycles. The number of ether oxygens (including phenoxy) is 1. The highest BCUT2D eigenvalue weighted by molar-refractivity contribution is 6.30. The fraction of sp³-hybridized carbons (Fsp3) is 0.0714. The SMILES string of the molecule is FC(F)(F)Oc1ccc(-c2cn3cc(Cl)ccc3n2)cc1. The van der Waals surface area contributed by atoms with E-state index in [-0.39, 0.29) is 5.75 Å². The van der Waals surface area contributed by atoms with Crippen LogP contribution in [0.5, 0.6) is 5.75 Å². The highest BCUT2D eigenvalue weighted by Crippen LogP contribution is 2.26. The minimum Gasteiger partial charge on any atom is -0.406 e. The Bertz CT molecular complexity index is 781. The number of hydrogen-bond donors (Lipinski definition) is 0. The van der Waals surface area contributed by atoms with Gasteiger partial charge in [-0.15, -0.1) is 13.2 Å². The molecule has 7 heteroatoms. The molecular weight excluding hydrogens is 305 g/mol. The highest BCUT2D eigenvalue weighted by Gasteiger charge is 2.30. The van der Waals surface area contributed by atoms with E-state index in [1.807, 2.05) is 0 Å². The number of alkyl halides is 3. The summed E-state index contributed by atoms with van der Waals surface area (Å²) in [6.07, 6.45) is -1.24. The molecule has 2 heterocycles. The molecule has 0 fully saturated rings. The maximum Gasteiger partial charge on any atom is 0.573 e. The van der Waals surface area contributed by atoms with Gasteiger partial charge in [0.2, 0.25) is 0 Å². The van der Waals surface area contributed by atoms with E-state index in [4.69, 9.17) is 11.6 Å². The third kappa shape index (κ3) is 3.11. The molecule has 0 spiro atoms. The Kier molecular flexibility index (Phi) is 3.25. The molecule has 0 saturated carbocycles. The molecule has 108 valence electrons. The van der Waals surface area contributed by atoms with Gasteiger partial charge in [0.05, 0.1) is 10.7 Å². The van der Waals surface area contributed by atoms with Gasteiger partial charge in [-0.3, -0.25) is 0 Å². The Morgan fingerprint density at radius 2 is 1.71 bits per heavy atom. The first-order valence-electron chi connectivity index (χ1n) is 5.91. The number of halogens is 4. The van der Waals surface area contributed by atoms with Crippen LogP contribution < -0.4 is 4.74 Å². The average Bonchev–Trinajstić information content (AvgIpc) is 2.80. The maximum atomic E-state index is 12.1. The van der Waals surface area contributed by atoms with E-state index in [9.17, 15) is 13.2 Å². The van der Waals surface area contributed by atoms with Gasteiger partial charge in [-0.25, -0.2) is 4.98 Å². The maximum absolute atomic E-state index is 12.1. The van der Waals surface area contributed by atoms with Crippen molar-refractivity contribution in [2.24, 2.45) is 0 Å². The molecule has 0 aliphatic rings. The van der Waals surface area contributed by atoms with Gasteiger partial charge in [0.1, 0.15) is 11.4 Å². The first-order chi connectivity index (χ1) is 9.90. The number of benzene rings is 1. The number of pyridine rings is 1. The molecule has 3 nitrogen and oxygen atoms in total. The van der Waals surface area contributed by atoms with E-state index < -0.39 is 6.36 Å². The van der Waals surface area contributed by atoms with Crippen LogP contribution in [0, 0.1) is 0 Å². The smallest absolute Gasteiger partial charge is 0.406 e. The minimum absolute atomic E-state index is 0.266. The first-order valence-corrected chi connectivity index (χ1v) is 6.29. The topological polar surface area (TPSA) is 26.5 Å². The van der Waals surface area contributed by atoms with Gasteiger partial charge in [0.25, 0.3) is 0 Å². The second kappa shape index (κ2) is 4.96. The summed E-state index contributed by atoms with van der Waals surface area (Å²) in [6, 6.07) is 9.01. The molecule has 0 amide bonds. The van der Waals surface area contributed by atoms with Gasteiger partial charge in [-0.05, 0) is 36.4 Å². The molecule has 21 heavy (non-hydrogen) atoms. The zero-order chi connectivity index (χ0) is 15.0. The van der Waals surface area contributed by atoms with E-state index in [2.05, 4.69) is 9.72 Å². The second-order valence-corrected chi connectivity index (χ2v) is 4.75. The van der Waals surface area contributed by atoms with Crippen LogP contribution in [-0.4, -0.2) is 15.7 Å². The van der Waals surface area contributed by atoms with Crippen molar-refractivity contribution in [1.82, 2.24) is 9.38 Å². The summed E-state index contributed by atoms with van der Waals surface area (Å²) in [7, 11) is 0. The van der Waals surface area contributed by atoms with E-state index in [0.29, 0.717) is 21.9 Å². The van der Waals surface area contributed by atoms with Gasteiger partial charge >= 0.3 is 6.36 Å². The monoisotopic (exact) mass is 312 g/mol. The molecule has 0 bridgehead atoms.